The first-order chi connectivity index (χ1) is 7.33. The van der Waals surface area contributed by atoms with Crippen molar-refractivity contribution in [2.75, 3.05) is 18.0 Å². The van der Waals surface area contributed by atoms with Crippen molar-refractivity contribution in [1.29, 1.82) is 0 Å². The molecule has 0 saturated carbocycles. The summed E-state index contributed by atoms with van der Waals surface area (Å²) in [6, 6.07) is 4.22. The van der Waals surface area contributed by atoms with Gasteiger partial charge >= 0.3 is 0 Å². The fraction of sp³-hybridized carbons (Fsp3) is 0.400. The van der Waals surface area contributed by atoms with E-state index < -0.39 is 0 Å². The van der Waals surface area contributed by atoms with Gasteiger partial charge in [-0.25, -0.2) is 0 Å². The molecule has 1 aliphatic rings. The highest BCUT2D eigenvalue weighted by molar-refractivity contribution is 5.74. The molecule has 0 radical (unpaired) electrons. The quantitative estimate of drug-likeness (QED) is 0.742. The lowest BCUT2D eigenvalue weighted by atomic mass is 10.3. The summed E-state index contributed by atoms with van der Waals surface area (Å²) in [5.74, 6) is 0.923. The zero-order chi connectivity index (χ0) is 10.3. The summed E-state index contributed by atoms with van der Waals surface area (Å²) in [6.07, 6.45) is 2.69. The normalized spacial score (nSPS) is 21.4. The molecule has 5 nitrogen and oxygen atoms in total. The van der Waals surface area contributed by atoms with Crippen LogP contribution in [0.15, 0.2) is 22.9 Å². The maximum absolute atomic E-state index is 5.85. The van der Waals surface area contributed by atoms with Crippen molar-refractivity contribution in [3.05, 3.63) is 18.3 Å². The lowest BCUT2D eigenvalue weighted by Crippen LogP contribution is -2.26. The van der Waals surface area contributed by atoms with E-state index in [-0.39, 0.29) is 6.04 Å². The summed E-state index contributed by atoms with van der Waals surface area (Å²) < 4.78 is 5.03. The van der Waals surface area contributed by atoms with Gasteiger partial charge in [-0.15, -0.1) is 0 Å². The van der Waals surface area contributed by atoms with Crippen LogP contribution in [0.2, 0.25) is 0 Å². The highest BCUT2D eigenvalue weighted by Gasteiger charge is 2.20. The molecule has 1 aliphatic heterocycles. The van der Waals surface area contributed by atoms with Crippen molar-refractivity contribution in [1.82, 2.24) is 10.1 Å². The van der Waals surface area contributed by atoms with E-state index in [0.717, 1.165) is 30.7 Å². The van der Waals surface area contributed by atoms with E-state index in [4.69, 9.17) is 10.3 Å². The largest absolute Gasteiger partial charge is 0.355 e. The Morgan fingerprint density at radius 1 is 1.47 bits per heavy atom. The molecule has 2 aromatic heterocycles. The molecule has 2 aromatic rings. The smallest absolute Gasteiger partial charge is 0.259 e. The minimum Gasteiger partial charge on any atom is -0.355 e. The standard InChI is InChI=1S/C10H12N4O/c11-8-3-4-14(6-8)9-2-1-7-5-12-15-10(7)13-9/h1-2,5,8H,3-4,6,11H2. The molecule has 1 saturated heterocycles. The third-order valence-electron chi connectivity index (χ3n) is 2.75. The third kappa shape index (κ3) is 1.45. The van der Waals surface area contributed by atoms with E-state index in [2.05, 4.69) is 15.0 Å². The molecule has 3 rings (SSSR count). The van der Waals surface area contributed by atoms with Gasteiger partial charge in [-0.05, 0) is 18.6 Å². The van der Waals surface area contributed by atoms with E-state index in [1.165, 1.54) is 0 Å². The van der Waals surface area contributed by atoms with E-state index in [1.54, 1.807) is 6.20 Å². The topological polar surface area (TPSA) is 68.2 Å². The van der Waals surface area contributed by atoms with Crippen molar-refractivity contribution >= 4 is 16.9 Å². The van der Waals surface area contributed by atoms with Crippen molar-refractivity contribution in [2.24, 2.45) is 5.73 Å². The van der Waals surface area contributed by atoms with Crippen LogP contribution in [-0.4, -0.2) is 29.3 Å². The van der Waals surface area contributed by atoms with Crippen LogP contribution in [0.5, 0.6) is 0 Å². The summed E-state index contributed by atoms with van der Waals surface area (Å²) in [4.78, 5) is 6.57. The number of aromatic nitrogens is 2. The van der Waals surface area contributed by atoms with Gasteiger partial charge < -0.3 is 15.2 Å². The number of anilines is 1. The maximum Gasteiger partial charge on any atom is 0.259 e. The summed E-state index contributed by atoms with van der Waals surface area (Å²) in [5.41, 5.74) is 6.44. The van der Waals surface area contributed by atoms with E-state index in [9.17, 15) is 0 Å². The highest BCUT2D eigenvalue weighted by atomic mass is 16.5. The molecule has 78 valence electrons. The van der Waals surface area contributed by atoms with Gasteiger partial charge in [-0.1, -0.05) is 5.16 Å². The Morgan fingerprint density at radius 2 is 2.40 bits per heavy atom. The number of hydrogen-bond acceptors (Lipinski definition) is 5. The Labute approximate surface area is 86.9 Å². The molecular formula is C10H12N4O. The first-order valence-corrected chi connectivity index (χ1v) is 5.05. The Kier molecular flexibility index (Phi) is 1.85. The Bertz CT molecular complexity index is 481. The lowest BCUT2D eigenvalue weighted by molar-refractivity contribution is 0.448. The minimum atomic E-state index is 0.261. The van der Waals surface area contributed by atoms with Crippen LogP contribution >= 0.6 is 0 Å². The fourth-order valence-corrected chi connectivity index (χ4v) is 1.92. The molecule has 2 N–H and O–H groups in total. The molecule has 0 amide bonds. The van der Waals surface area contributed by atoms with Crippen molar-refractivity contribution < 1.29 is 4.52 Å². The number of pyridine rings is 1. The Balaban J connectivity index is 1.97. The van der Waals surface area contributed by atoms with Gasteiger partial charge in [0.2, 0.25) is 0 Å². The Morgan fingerprint density at radius 3 is 3.20 bits per heavy atom. The van der Waals surface area contributed by atoms with Crippen molar-refractivity contribution in [3.8, 4) is 0 Å². The number of fused-ring (bicyclic) bond motifs is 1. The zero-order valence-corrected chi connectivity index (χ0v) is 8.26. The van der Waals surface area contributed by atoms with Crippen LogP contribution in [-0.2, 0) is 0 Å². The molecule has 0 bridgehead atoms. The molecule has 1 atom stereocenters. The average Bonchev–Trinajstić information content (AvgIpc) is 2.84. The van der Waals surface area contributed by atoms with Crippen LogP contribution in [0.4, 0.5) is 5.82 Å². The zero-order valence-electron chi connectivity index (χ0n) is 8.26. The number of rotatable bonds is 1. The number of hydrogen-bond donors (Lipinski definition) is 1. The van der Waals surface area contributed by atoms with Crippen LogP contribution in [0, 0.1) is 0 Å². The first-order valence-electron chi connectivity index (χ1n) is 5.05. The lowest BCUT2D eigenvalue weighted by Gasteiger charge is -2.15. The van der Waals surface area contributed by atoms with E-state index >= 15 is 0 Å². The average molecular weight is 204 g/mol. The van der Waals surface area contributed by atoms with Gasteiger partial charge in [0.05, 0.1) is 11.6 Å². The predicted molar refractivity (Wildman–Crippen MR) is 56.6 cm³/mol. The van der Waals surface area contributed by atoms with Crippen molar-refractivity contribution in [2.45, 2.75) is 12.5 Å². The summed E-state index contributed by atoms with van der Waals surface area (Å²) in [5, 5.41) is 4.64. The molecule has 1 unspecified atom stereocenters. The summed E-state index contributed by atoms with van der Waals surface area (Å²) in [6.45, 7) is 1.83. The maximum atomic E-state index is 5.85. The van der Waals surface area contributed by atoms with Crippen LogP contribution in [0.3, 0.4) is 0 Å². The van der Waals surface area contributed by atoms with E-state index in [0.29, 0.717) is 5.71 Å². The van der Waals surface area contributed by atoms with Crippen LogP contribution in [0.1, 0.15) is 6.42 Å². The molecule has 0 aliphatic carbocycles. The van der Waals surface area contributed by atoms with Crippen molar-refractivity contribution in [3.63, 3.8) is 0 Å². The van der Waals surface area contributed by atoms with Gasteiger partial charge in [0.25, 0.3) is 5.71 Å². The van der Waals surface area contributed by atoms with Crippen LogP contribution < -0.4 is 10.6 Å². The fourth-order valence-electron chi connectivity index (χ4n) is 1.92. The predicted octanol–water partition coefficient (Wildman–Crippen LogP) is 0.760. The molecule has 3 heterocycles. The second kappa shape index (κ2) is 3.20. The Hall–Kier alpha value is -1.62. The van der Waals surface area contributed by atoms with Gasteiger partial charge in [0, 0.05) is 19.1 Å². The van der Waals surface area contributed by atoms with Gasteiger partial charge in [-0.2, -0.15) is 4.98 Å². The first kappa shape index (κ1) is 8.67. The second-order valence-corrected chi connectivity index (χ2v) is 3.88. The molecule has 5 heteroatoms. The summed E-state index contributed by atoms with van der Waals surface area (Å²) >= 11 is 0. The summed E-state index contributed by atoms with van der Waals surface area (Å²) in [7, 11) is 0. The SMILES string of the molecule is NC1CCN(c2ccc3cnoc3n2)C1. The second-order valence-electron chi connectivity index (χ2n) is 3.88. The number of nitrogens with two attached hydrogens (primary N) is 1. The molecule has 0 aromatic carbocycles. The number of nitrogens with zero attached hydrogens (tertiary/aromatic N) is 3. The van der Waals surface area contributed by atoms with Gasteiger partial charge in [0.15, 0.2) is 0 Å². The molecular weight excluding hydrogens is 192 g/mol. The monoisotopic (exact) mass is 204 g/mol. The minimum absolute atomic E-state index is 0.261. The van der Waals surface area contributed by atoms with E-state index in [1.807, 2.05) is 12.1 Å². The molecule has 0 spiro atoms. The molecule has 15 heavy (non-hydrogen) atoms. The van der Waals surface area contributed by atoms with Gasteiger partial charge in [-0.3, -0.25) is 0 Å². The molecule has 1 fully saturated rings. The van der Waals surface area contributed by atoms with Crippen LogP contribution in [0.25, 0.3) is 11.1 Å². The van der Waals surface area contributed by atoms with Gasteiger partial charge in [0.1, 0.15) is 5.82 Å². The third-order valence-corrected chi connectivity index (χ3v) is 2.75. The highest BCUT2D eigenvalue weighted by Crippen LogP contribution is 2.20.